The molecule has 3 rings (SSSR count). The second kappa shape index (κ2) is 7.90. The maximum Gasteiger partial charge on any atom is 0.254 e. The molecule has 7 heteroatoms. The number of hydrogen-bond acceptors (Lipinski definition) is 6. The van der Waals surface area contributed by atoms with Crippen LogP contribution in [0.5, 0.6) is 11.8 Å². The van der Waals surface area contributed by atoms with Crippen molar-refractivity contribution in [1.82, 2.24) is 14.9 Å². The Morgan fingerprint density at radius 2 is 1.78 bits per heavy atom. The Morgan fingerprint density at radius 3 is 2.37 bits per heavy atom. The summed E-state index contributed by atoms with van der Waals surface area (Å²) in [7, 11) is 4.79. The first-order valence-corrected chi connectivity index (χ1v) is 8.41. The second-order valence-electron chi connectivity index (χ2n) is 5.96. The van der Waals surface area contributed by atoms with E-state index in [1.807, 2.05) is 19.1 Å². The Balaban J connectivity index is 1.90. The number of ether oxygens (including phenoxy) is 2. The predicted molar refractivity (Wildman–Crippen MR) is 99.8 cm³/mol. The molecule has 0 unspecified atom stereocenters. The van der Waals surface area contributed by atoms with Crippen LogP contribution in [0.1, 0.15) is 29.1 Å². The maximum atomic E-state index is 12.9. The first kappa shape index (κ1) is 18.4. The molecule has 7 nitrogen and oxygen atoms in total. The van der Waals surface area contributed by atoms with Crippen molar-refractivity contribution in [2.24, 2.45) is 0 Å². The molecule has 0 aliphatic rings. The van der Waals surface area contributed by atoms with Crippen LogP contribution in [0.25, 0.3) is 11.4 Å². The third-order valence-electron chi connectivity index (χ3n) is 4.32. The lowest BCUT2D eigenvalue weighted by Crippen LogP contribution is -2.29. The van der Waals surface area contributed by atoms with E-state index in [1.165, 1.54) is 14.2 Å². The summed E-state index contributed by atoms with van der Waals surface area (Å²) in [6, 6.07) is 12.2. The summed E-state index contributed by atoms with van der Waals surface area (Å²) in [6.45, 7) is 1.91. The van der Waals surface area contributed by atoms with E-state index in [0.29, 0.717) is 28.7 Å². The fourth-order valence-corrected chi connectivity index (χ4v) is 2.63. The molecule has 1 atom stereocenters. The molecule has 0 bridgehead atoms. The quantitative estimate of drug-likeness (QED) is 0.663. The lowest BCUT2D eigenvalue weighted by atomic mass is 10.1. The summed E-state index contributed by atoms with van der Waals surface area (Å²) in [5.41, 5.74) is 1.22. The van der Waals surface area contributed by atoms with Crippen molar-refractivity contribution in [2.75, 3.05) is 21.3 Å². The van der Waals surface area contributed by atoms with Crippen molar-refractivity contribution in [3.8, 4) is 23.1 Å². The number of carbonyl (C=O) groups is 1. The Hall–Kier alpha value is -3.35. The molecule has 0 spiro atoms. The van der Waals surface area contributed by atoms with Crippen molar-refractivity contribution >= 4 is 5.91 Å². The monoisotopic (exact) mass is 367 g/mol. The number of aromatic nitrogens is 2. The summed E-state index contributed by atoms with van der Waals surface area (Å²) in [5, 5.41) is 0. The predicted octanol–water partition coefficient (Wildman–Crippen LogP) is 3.59. The highest BCUT2D eigenvalue weighted by Gasteiger charge is 2.21. The molecule has 1 amide bonds. The first-order chi connectivity index (χ1) is 13.0. The number of methoxy groups -OCH3 is 2. The van der Waals surface area contributed by atoms with Crippen molar-refractivity contribution in [2.45, 2.75) is 13.0 Å². The van der Waals surface area contributed by atoms with E-state index < -0.39 is 0 Å². The third kappa shape index (κ3) is 3.92. The molecule has 0 aliphatic carbocycles. The number of rotatable bonds is 6. The Morgan fingerprint density at radius 1 is 1.07 bits per heavy atom. The molecule has 2 aromatic heterocycles. The van der Waals surface area contributed by atoms with Gasteiger partial charge in [0.15, 0.2) is 5.82 Å². The maximum absolute atomic E-state index is 12.9. The van der Waals surface area contributed by atoms with Crippen LogP contribution in [-0.4, -0.2) is 42.0 Å². The van der Waals surface area contributed by atoms with Crippen LogP contribution in [0.4, 0.5) is 0 Å². The van der Waals surface area contributed by atoms with Crippen LogP contribution < -0.4 is 9.47 Å². The number of furan rings is 1. The van der Waals surface area contributed by atoms with Crippen LogP contribution in [-0.2, 0) is 0 Å². The lowest BCUT2D eigenvalue weighted by molar-refractivity contribution is 0.0726. The first-order valence-electron chi connectivity index (χ1n) is 8.41. The van der Waals surface area contributed by atoms with Crippen molar-refractivity contribution in [3.63, 3.8) is 0 Å². The number of nitrogens with zero attached hydrogens (tertiary/aromatic N) is 3. The summed E-state index contributed by atoms with van der Waals surface area (Å²) in [4.78, 5) is 23.2. The van der Waals surface area contributed by atoms with Gasteiger partial charge in [0.1, 0.15) is 5.76 Å². The SMILES string of the molecule is COc1cc(OC)nc(-c2cccc(C(=O)N(C)[C@H](C)c3ccco3)c2)n1. The van der Waals surface area contributed by atoms with Gasteiger partial charge in [0, 0.05) is 18.2 Å². The molecular weight excluding hydrogens is 346 g/mol. The molecule has 27 heavy (non-hydrogen) atoms. The molecule has 2 heterocycles. The van der Waals surface area contributed by atoms with Gasteiger partial charge in [-0.05, 0) is 31.2 Å². The highest BCUT2D eigenvalue weighted by molar-refractivity contribution is 5.95. The van der Waals surface area contributed by atoms with Crippen LogP contribution in [0.3, 0.4) is 0 Å². The van der Waals surface area contributed by atoms with Gasteiger partial charge < -0.3 is 18.8 Å². The highest BCUT2D eigenvalue weighted by Crippen LogP contribution is 2.25. The molecule has 140 valence electrons. The Bertz CT molecular complexity index is 902. The van der Waals surface area contributed by atoms with Crippen LogP contribution in [0.2, 0.25) is 0 Å². The molecule has 0 saturated carbocycles. The number of amides is 1. The molecule has 3 aromatic rings. The molecule has 0 radical (unpaired) electrons. The molecule has 0 fully saturated rings. The largest absolute Gasteiger partial charge is 0.481 e. The zero-order valence-corrected chi connectivity index (χ0v) is 15.7. The second-order valence-corrected chi connectivity index (χ2v) is 5.96. The van der Waals surface area contributed by atoms with Gasteiger partial charge in [-0.1, -0.05) is 12.1 Å². The Kier molecular flexibility index (Phi) is 5.40. The van der Waals surface area contributed by atoms with Gasteiger partial charge in [-0.25, -0.2) is 0 Å². The zero-order chi connectivity index (χ0) is 19.4. The van der Waals surface area contributed by atoms with Gasteiger partial charge in [0.25, 0.3) is 5.91 Å². The van der Waals surface area contributed by atoms with Crippen molar-refractivity contribution in [3.05, 3.63) is 60.1 Å². The number of hydrogen-bond donors (Lipinski definition) is 0. The molecular formula is C20H21N3O4. The van der Waals surface area contributed by atoms with Gasteiger partial charge in [-0.2, -0.15) is 9.97 Å². The topological polar surface area (TPSA) is 77.7 Å². The molecule has 0 N–H and O–H groups in total. The van der Waals surface area contributed by atoms with Crippen molar-refractivity contribution < 1.29 is 18.7 Å². The molecule has 0 aliphatic heterocycles. The fourth-order valence-electron chi connectivity index (χ4n) is 2.63. The van der Waals surface area contributed by atoms with Gasteiger partial charge in [0.05, 0.1) is 32.6 Å². The standard InChI is InChI=1S/C20H21N3O4/c1-13(16-9-6-10-27-16)23(2)20(24)15-8-5-7-14(11-15)19-21-17(25-3)12-18(22-19)26-4/h5-13H,1-4H3/t13-/m1/s1. The fraction of sp³-hybridized carbons (Fsp3) is 0.250. The summed E-state index contributed by atoms with van der Waals surface area (Å²) in [6.07, 6.45) is 1.60. The average molecular weight is 367 g/mol. The number of benzene rings is 1. The van der Waals surface area contributed by atoms with E-state index in [1.54, 1.807) is 48.5 Å². The van der Waals surface area contributed by atoms with Gasteiger partial charge in [-0.15, -0.1) is 0 Å². The summed E-state index contributed by atoms with van der Waals surface area (Å²) < 4.78 is 15.8. The lowest BCUT2D eigenvalue weighted by Gasteiger charge is -2.23. The minimum Gasteiger partial charge on any atom is -0.481 e. The summed E-state index contributed by atoms with van der Waals surface area (Å²) >= 11 is 0. The van der Waals surface area contributed by atoms with Crippen LogP contribution in [0, 0.1) is 0 Å². The van der Waals surface area contributed by atoms with Gasteiger partial charge in [-0.3, -0.25) is 4.79 Å². The van der Waals surface area contributed by atoms with Crippen LogP contribution in [0.15, 0.2) is 53.1 Å². The average Bonchev–Trinajstić information content (AvgIpc) is 3.26. The van der Waals surface area contributed by atoms with E-state index in [9.17, 15) is 4.79 Å². The normalized spacial score (nSPS) is 11.7. The van der Waals surface area contributed by atoms with Gasteiger partial charge >= 0.3 is 0 Å². The van der Waals surface area contributed by atoms with Crippen LogP contribution >= 0.6 is 0 Å². The molecule has 0 saturated heterocycles. The third-order valence-corrected chi connectivity index (χ3v) is 4.32. The van der Waals surface area contributed by atoms with E-state index in [2.05, 4.69) is 9.97 Å². The van der Waals surface area contributed by atoms with E-state index in [4.69, 9.17) is 13.9 Å². The Labute approximate surface area is 157 Å². The molecule has 1 aromatic carbocycles. The van der Waals surface area contributed by atoms with E-state index in [0.717, 1.165) is 5.76 Å². The van der Waals surface area contributed by atoms with E-state index >= 15 is 0 Å². The van der Waals surface area contributed by atoms with Crippen molar-refractivity contribution in [1.29, 1.82) is 0 Å². The van der Waals surface area contributed by atoms with Gasteiger partial charge in [0.2, 0.25) is 11.8 Å². The number of carbonyl (C=O) groups excluding carboxylic acids is 1. The smallest absolute Gasteiger partial charge is 0.254 e. The summed E-state index contributed by atoms with van der Waals surface area (Å²) in [5.74, 6) is 1.79. The minimum atomic E-state index is -0.190. The highest BCUT2D eigenvalue weighted by atomic mass is 16.5. The van der Waals surface area contributed by atoms with E-state index in [-0.39, 0.29) is 11.9 Å². The zero-order valence-electron chi connectivity index (χ0n) is 15.7. The minimum absolute atomic E-state index is 0.129.